The predicted octanol–water partition coefficient (Wildman–Crippen LogP) is 2.34. The largest absolute Gasteiger partial charge is 0.493 e. The fourth-order valence-corrected chi connectivity index (χ4v) is 3.12. The van der Waals surface area contributed by atoms with Crippen molar-refractivity contribution >= 4 is 16.8 Å². The van der Waals surface area contributed by atoms with Gasteiger partial charge < -0.3 is 19.7 Å². The molecule has 1 aliphatic heterocycles. The van der Waals surface area contributed by atoms with Crippen molar-refractivity contribution in [2.24, 2.45) is 0 Å². The van der Waals surface area contributed by atoms with Crippen LogP contribution >= 0.6 is 0 Å². The molecule has 0 spiro atoms. The van der Waals surface area contributed by atoms with Crippen LogP contribution in [0.15, 0.2) is 24.4 Å². The van der Waals surface area contributed by atoms with E-state index in [4.69, 9.17) is 4.74 Å². The van der Waals surface area contributed by atoms with Gasteiger partial charge in [0, 0.05) is 30.1 Å². The second-order valence-corrected chi connectivity index (χ2v) is 6.07. The van der Waals surface area contributed by atoms with Crippen LogP contribution in [0.2, 0.25) is 0 Å². The molecule has 24 heavy (non-hydrogen) atoms. The van der Waals surface area contributed by atoms with Crippen LogP contribution in [0, 0.1) is 0 Å². The zero-order chi connectivity index (χ0) is 17.3. The summed E-state index contributed by atoms with van der Waals surface area (Å²) in [5, 5.41) is 10.7. The number of carbonyl (C=O) groups is 1. The van der Waals surface area contributed by atoms with E-state index >= 15 is 0 Å². The van der Waals surface area contributed by atoms with Crippen molar-refractivity contribution in [2.45, 2.75) is 31.8 Å². The zero-order valence-corrected chi connectivity index (χ0v) is 13.4. The van der Waals surface area contributed by atoms with Gasteiger partial charge >= 0.3 is 0 Å². The van der Waals surface area contributed by atoms with Gasteiger partial charge in [0.05, 0.1) is 19.6 Å². The molecule has 1 saturated heterocycles. The van der Waals surface area contributed by atoms with E-state index in [1.165, 1.54) is 4.90 Å². The van der Waals surface area contributed by atoms with Crippen molar-refractivity contribution in [1.82, 2.24) is 9.88 Å². The number of rotatable bonds is 5. The molecular formula is C17H20F2N2O3. The first-order valence-corrected chi connectivity index (χ1v) is 7.94. The van der Waals surface area contributed by atoms with Crippen LogP contribution in [0.5, 0.6) is 5.75 Å². The summed E-state index contributed by atoms with van der Waals surface area (Å²) in [6, 6.07) is 5.58. The van der Waals surface area contributed by atoms with Gasteiger partial charge in [-0.25, -0.2) is 8.78 Å². The maximum absolute atomic E-state index is 12.9. The topological polar surface area (TPSA) is 65.6 Å². The third kappa shape index (κ3) is 2.96. The Hall–Kier alpha value is -2.15. The molecule has 5 nitrogen and oxygen atoms in total. The number of benzene rings is 1. The first-order chi connectivity index (χ1) is 11.4. The number of fused-ring (bicyclic) bond motifs is 1. The minimum Gasteiger partial charge on any atom is -0.493 e. The summed E-state index contributed by atoms with van der Waals surface area (Å²) in [5.41, 5.74) is -0.479. The van der Waals surface area contributed by atoms with Crippen molar-refractivity contribution in [3.8, 4) is 5.75 Å². The number of amides is 1. The summed E-state index contributed by atoms with van der Waals surface area (Å²) in [4.78, 5) is 16.8. The van der Waals surface area contributed by atoms with E-state index in [1.54, 1.807) is 6.20 Å². The Bertz CT molecular complexity index is 747. The van der Waals surface area contributed by atoms with Gasteiger partial charge in [-0.3, -0.25) is 4.79 Å². The average molecular weight is 338 g/mol. The molecule has 1 fully saturated rings. The van der Waals surface area contributed by atoms with E-state index in [1.807, 2.05) is 25.1 Å². The van der Waals surface area contributed by atoms with Crippen molar-refractivity contribution < 1.29 is 23.4 Å². The standard InChI is InChI=1S/C17H20F2N2O3/c1-2-24-13-5-3-4-12-15(13)11(9-20-12)8-14(22)21-7-6-17(23,10-21)16(18)19/h3-5,9,16,20,23H,2,6-8,10H2,1H3/t17-/m0/s1. The molecule has 1 aromatic heterocycles. The number of ether oxygens (including phenoxy) is 1. The van der Waals surface area contributed by atoms with Crippen molar-refractivity contribution in [2.75, 3.05) is 19.7 Å². The van der Waals surface area contributed by atoms with Crippen LogP contribution in [0.3, 0.4) is 0 Å². The van der Waals surface area contributed by atoms with Crippen LogP contribution in [0.4, 0.5) is 8.78 Å². The van der Waals surface area contributed by atoms with Gasteiger partial charge in [-0.2, -0.15) is 0 Å². The number of aliphatic hydroxyl groups is 1. The Morgan fingerprint density at radius 2 is 2.29 bits per heavy atom. The first-order valence-electron chi connectivity index (χ1n) is 7.94. The number of nitrogens with zero attached hydrogens (tertiary/aromatic N) is 1. The van der Waals surface area contributed by atoms with Crippen molar-refractivity contribution in [3.05, 3.63) is 30.0 Å². The lowest BCUT2D eigenvalue weighted by Crippen LogP contribution is -2.42. The summed E-state index contributed by atoms with van der Waals surface area (Å²) in [7, 11) is 0. The molecule has 3 rings (SSSR count). The second kappa shape index (κ2) is 6.39. The van der Waals surface area contributed by atoms with Gasteiger partial charge in [0.2, 0.25) is 5.91 Å². The molecule has 0 radical (unpaired) electrons. The second-order valence-electron chi connectivity index (χ2n) is 6.07. The molecule has 0 aliphatic carbocycles. The minimum absolute atomic E-state index is 0.0728. The maximum atomic E-state index is 12.9. The van der Waals surface area contributed by atoms with E-state index in [2.05, 4.69) is 4.98 Å². The van der Waals surface area contributed by atoms with Gasteiger partial charge in [0.25, 0.3) is 6.43 Å². The Kier molecular flexibility index (Phi) is 4.45. The quantitative estimate of drug-likeness (QED) is 0.879. The fraction of sp³-hybridized carbons (Fsp3) is 0.471. The molecule has 1 aliphatic rings. The summed E-state index contributed by atoms with van der Waals surface area (Å²) < 4.78 is 31.4. The first kappa shape index (κ1) is 16.7. The Morgan fingerprint density at radius 1 is 1.50 bits per heavy atom. The summed E-state index contributed by atoms with van der Waals surface area (Å²) in [6.45, 7) is 2.20. The zero-order valence-electron chi connectivity index (χ0n) is 13.4. The number of β-amino-alcohol motifs (C(OH)–C–C–N with tert-alkyl or cyclic N) is 1. The highest BCUT2D eigenvalue weighted by Crippen LogP contribution is 2.31. The van der Waals surface area contributed by atoms with Crippen LogP contribution in [-0.2, 0) is 11.2 Å². The Labute approximate surface area is 138 Å². The summed E-state index contributed by atoms with van der Waals surface area (Å²) in [6.07, 6.45) is -1.15. The van der Waals surface area contributed by atoms with Crippen LogP contribution < -0.4 is 4.74 Å². The van der Waals surface area contributed by atoms with E-state index in [9.17, 15) is 18.7 Å². The SMILES string of the molecule is CCOc1cccc2[nH]cc(CC(=O)N3CC[C@@](O)(C(F)F)C3)c12. The molecule has 1 aromatic carbocycles. The monoisotopic (exact) mass is 338 g/mol. The molecule has 0 bridgehead atoms. The van der Waals surface area contributed by atoms with Gasteiger partial charge in [-0.15, -0.1) is 0 Å². The average Bonchev–Trinajstić information content (AvgIpc) is 3.14. The molecule has 2 N–H and O–H groups in total. The lowest BCUT2D eigenvalue weighted by molar-refractivity contribution is -0.132. The highest BCUT2D eigenvalue weighted by atomic mass is 19.3. The van der Waals surface area contributed by atoms with E-state index < -0.39 is 12.0 Å². The van der Waals surface area contributed by atoms with Crippen LogP contribution in [0.25, 0.3) is 10.9 Å². The Morgan fingerprint density at radius 3 is 2.96 bits per heavy atom. The van der Waals surface area contributed by atoms with Gasteiger partial charge in [-0.05, 0) is 24.6 Å². The number of likely N-dealkylation sites (tertiary alicyclic amines) is 1. The lowest BCUT2D eigenvalue weighted by Gasteiger charge is -2.22. The van der Waals surface area contributed by atoms with E-state index in [-0.39, 0.29) is 31.8 Å². The third-order valence-corrected chi connectivity index (χ3v) is 4.43. The number of H-pyrrole nitrogens is 1. The third-order valence-electron chi connectivity index (χ3n) is 4.43. The molecular weight excluding hydrogens is 318 g/mol. The number of hydrogen-bond acceptors (Lipinski definition) is 3. The van der Waals surface area contributed by atoms with Crippen molar-refractivity contribution in [3.63, 3.8) is 0 Å². The van der Waals surface area contributed by atoms with Gasteiger partial charge in [0.1, 0.15) is 11.4 Å². The summed E-state index contributed by atoms with van der Waals surface area (Å²) >= 11 is 0. The number of halogens is 2. The molecule has 0 unspecified atom stereocenters. The van der Waals surface area contributed by atoms with E-state index in [0.717, 1.165) is 16.5 Å². The normalized spacial score (nSPS) is 21.0. The van der Waals surface area contributed by atoms with Crippen LogP contribution in [-0.4, -0.2) is 52.6 Å². The van der Waals surface area contributed by atoms with E-state index in [0.29, 0.717) is 12.4 Å². The maximum Gasteiger partial charge on any atom is 0.268 e. The van der Waals surface area contributed by atoms with Gasteiger partial charge in [0.15, 0.2) is 0 Å². The molecule has 1 atom stereocenters. The number of alkyl halides is 2. The van der Waals surface area contributed by atoms with Gasteiger partial charge in [-0.1, -0.05) is 6.07 Å². The summed E-state index contributed by atoms with van der Waals surface area (Å²) in [5.74, 6) is 0.406. The molecule has 2 aromatic rings. The highest BCUT2D eigenvalue weighted by Gasteiger charge is 2.45. The van der Waals surface area contributed by atoms with Crippen LogP contribution in [0.1, 0.15) is 18.9 Å². The predicted molar refractivity (Wildman–Crippen MR) is 85.3 cm³/mol. The highest BCUT2D eigenvalue weighted by molar-refractivity contribution is 5.93. The number of carbonyl (C=O) groups excluding carboxylic acids is 1. The number of aromatic amines is 1. The lowest BCUT2D eigenvalue weighted by atomic mass is 10.1. The molecule has 1 amide bonds. The number of hydrogen-bond donors (Lipinski definition) is 2. The fourth-order valence-electron chi connectivity index (χ4n) is 3.12. The van der Waals surface area contributed by atoms with Crippen molar-refractivity contribution in [1.29, 1.82) is 0 Å². The number of aromatic nitrogens is 1. The molecule has 0 saturated carbocycles. The Balaban J connectivity index is 1.79. The number of nitrogens with one attached hydrogen (secondary N) is 1. The molecule has 7 heteroatoms. The molecule has 130 valence electrons. The smallest absolute Gasteiger partial charge is 0.268 e. The minimum atomic E-state index is -2.85. The molecule has 2 heterocycles.